The molecule has 3 rings (SSSR count). The maximum atomic E-state index is 13.0. The number of hydrogen-bond donors (Lipinski definition) is 1. The van der Waals surface area contributed by atoms with Gasteiger partial charge in [-0.15, -0.1) is 0 Å². The van der Waals surface area contributed by atoms with Crippen LogP contribution >= 0.6 is 0 Å². The van der Waals surface area contributed by atoms with Gasteiger partial charge in [0.15, 0.2) is 0 Å². The molecule has 0 atom stereocenters. The number of aromatic nitrogens is 2. The Morgan fingerprint density at radius 1 is 0.944 bits per heavy atom. The van der Waals surface area contributed by atoms with Crippen LogP contribution in [0.2, 0.25) is 0 Å². The highest BCUT2D eigenvalue weighted by Crippen LogP contribution is 2.24. The van der Waals surface area contributed by atoms with E-state index in [0.717, 1.165) is 16.6 Å². The topological polar surface area (TPSA) is 37.8 Å². The summed E-state index contributed by atoms with van der Waals surface area (Å²) in [5.74, 6) is -0.0234. The minimum atomic E-state index is -0.502. The lowest BCUT2D eigenvalue weighted by atomic mass is 10.2. The van der Waals surface area contributed by atoms with Crippen LogP contribution < -0.4 is 5.32 Å². The third-order valence-corrected chi connectivity index (χ3v) is 2.62. The minimum absolute atomic E-state index is 0.478. The SMILES string of the molecule is Fc1cccc(Nc2cccc3ncccc23)n1. The zero-order valence-corrected chi connectivity index (χ0v) is 9.47. The predicted molar refractivity (Wildman–Crippen MR) is 69.2 cm³/mol. The van der Waals surface area contributed by atoms with Crippen LogP contribution in [0, 0.1) is 5.95 Å². The van der Waals surface area contributed by atoms with Crippen LogP contribution in [-0.2, 0) is 0 Å². The fraction of sp³-hybridized carbons (Fsp3) is 0. The first kappa shape index (κ1) is 10.7. The average molecular weight is 239 g/mol. The van der Waals surface area contributed by atoms with Crippen LogP contribution in [0.3, 0.4) is 0 Å². The first-order chi connectivity index (χ1) is 8.83. The molecular formula is C14H10FN3. The summed E-state index contributed by atoms with van der Waals surface area (Å²) in [5.41, 5.74) is 1.75. The van der Waals surface area contributed by atoms with Gasteiger partial charge in [-0.3, -0.25) is 4.98 Å². The van der Waals surface area contributed by atoms with E-state index in [1.54, 1.807) is 18.3 Å². The summed E-state index contributed by atoms with van der Waals surface area (Å²) in [4.78, 5) is 8.04. The Kier molecular flexibility index (Phi) is 2.61. The van der Waals surface area contributed by atoms with Crippen LogP contribution in [0.25, 0.3) is 10.9 Å². The summed E-state index contributed by atoms with van der Waals surface area (Å²) in [6.45, 7) is 0. The quantitative estimate of drug-likeness (QED) is 0.695. The van der Waals surface area contributed by atoms with Crippen molar-refractivity contribution >= 4 is 22.4 Å². The standard InChI is InChI=1S/C14H10FN3/c15-13-7-2-8-14(18-13)17-12-6-1-5-11-10(12)4-3-9-16-11/h1-9H,(H,17,18). The van der Waals surface area contributed by atoms with Gasteiger partial charge in [0.1, 0.15) is 5.82 Å². The molecule has 2 heterocycles. The summed E-state index contributed by atoms with van der Waals surface area (Å²) in [6.07, 6.45) is 1.74. The van der Waals surface area contributed by atoms with E-state index in [1.165, 1.54) is 6.07 Å². The molecule has 2 aromatic heterocycles. The van der Waals surface area contributed by atoms with Crippen molar-refractivity contribution in [2.75, 3.05) is 5.32 Å². The highest BCUT2D eigenvalue weighted by molar-refractivity contribution is 5.92. The number of rotatable bonds is 2. The molecule has 0 saturated carbocycles. The highest BCUT2D eigenvalue weighted by Gasteiger charge is 2.02. The molecule has 0 radical (unpaired) electrons. The number of nitrogens with zero attached hydrogens (tertiary/aromatic N) is 2. The second kappa shape index (κ2) is 4.41. The van der Waals surface area contributed by atoms with E-state index in [-0.39, 0.29) is 0 Å². The Hall–Kier alpha value is -2.49. The smallest absolute Gasteiger partial charge is 0.214 e. The first-order valence-corrected chi connectivity index (χ1v) is 5.56. The Bertz CT molecular complexity index is 692. The number of hydrogen-bond acceptors (Lipinski definition) is 3. The molecule has 0 aliphatic heterocycles. The van der Waals surface area contributed by atoms with Crippen LogP contribution in [0.15, 0.2) is 54.7 Å². The molecule has 0 aliphatic rings. The van der Waals surface area contributed by atoms with Crippen molar-refractivity contribution in [3.05, 3.63) is 60.7 Å². The van der Waals surface area contributed by atoms with Gasteiger partial charge < -0.3 is 5.32 Å². The van der Waals surface area contributed by atoms with Gasteiger partial charge >= 0.3 is 0 Å². The lowest BCUT2D eigenvalue weighted by Gasteiger charge is -2.08. The first-order valence-electron chi connectivity index (χ1n) is 5.56. The maximum Gasteiger partial charge on any atom is 0.214 e. The van der Waals surface area contributed by atoms with Crippen molar-refractivity contribution in [2.24, 2.45) is 0 Å². The van der Waals surface area contributed by atoms with E-state index in [1.807, 2.05) is 30.3 Å². The fourth-order valence-corrected chi connectivity index (χ4v) is 1.83. The summed E-state index contributed by atoms with van der Waals surface area (Å²) in [7, 11) is 0. The van der Waals surface area contributed by atoms with Crippen molar-refractivity contribution in [3.63, 3.8) is 0 Å². The van der Waals surface area contributed by atoms with Gasteiger partial charge in [0, 0.05) is 17.3 Å². The molecule has 1 aromatic carbocycles. The second-order valence-corrected chi connectivity index (χ2v) is 3.85. The number of anilines is 2. The van der Waals surface area contributed by atoms with Gasteiger partial charge in [-0.05, 0) is 36.4 Å². The monoisotopic (exact) mass is 239 g/mol. The molecule has 3 nitrogen and oxygen atoms in total. The van der Waals surface area contributed by atoms with Gasteiger partial charge in [-0.2, -0.15) is 4.39 Å². The van der Waals surface area contributed by atoms with Gasteiger partial charge in [-0.1, -0.05) is 12.1 Å². The summed E-state index contributed by atoms with van der Waals surface area (Å²) >= 11 is 0. The van der Waals surface area contributed by atoms with Gasteiger partial charge in [0.2, 0.25) is 5.95 Å². The zero-order valence-electron chi connectivity index (χ0n) is 9.47. The predicted octanol–water partition coefficient (Wildman–Crippen LogP) is 3.51. The maximum absolute atomic E-state index is 13.0. The fourth-order valence-electron chi connectivity index (χ4n) is 1.83. The van der Waals surface area contributed by atoms with E-state index in [9.17, 15) is 4.39 Å². The van der Waals surface area contributed by atoms with E-state index >= 15 is 0 Å². The molecule has 1 N–H and O–H groups in total. The van der Waals surface area contributed by atoms with Crippen molar-refractivity contribution < 1.29 is 4.39 Å². The molecular weight excluding hydrogens is 229 g/mol. The molecule has 0 bridgehead atoms. The summed E-state index contributed by atoms with van der Waals surface area (Å²) in [6, 6.07) is 14.2. The molecule has 0 unspecified atom stereocenters. The van der Waals surface area contributed by atoms with Crippen molar-refractivity contribution in [2.45, 2.75) is 0 Å². The molecule has 0 amide bonds. The Morgan fingerprint density at radius 3 is 2.72 bits per heavy atom. The lowest BCUT2D eigenvalue weighted by Crippen LogP contribution is -1.95. The lowest BCUT2D eigenvalue weighted by molar-refractivity contribution is 0.585. The molecule has 18 heavy (non-hydrogen) atoms. The molecule has 0 spiro atoms. The minimum Gasteiger partial charge on any atom is -0.340 e. The third-order valence-electron chi connectivity index (χ3n) is 2.62. The summed E-state index contributed by atoms with van der Waals surface area (Å²) in [5, 5.41) is 4.07. The van der Waals surface area contributed by atoms with E-state index in [0.29, 0.717) is 5.82 Å². The van der Waals surface area contributed by atoms with Crippen LogP contribution in [0.4, 0.5) is 15.9 Å². The second-order valence-electron chi connectivity index (χ2n) is 3.85. The average Bonchev–Trinajstić information content (AvgIpc) is 2.39. The van der Waals surface area contributed by atoms with Gasteiger partial charge in [0.05, 0.1) is 5.52 Å². The van der Waals surface area contributed by atoms with E-state index in [4.69, 9.17) is 0 Å². The van der Waals surface area contributed by atoms with Gasteiger partial charge in [0.25, 0.3) is 0 Å². The number of pyridine rings is 2. The van der Waals surface area contributed by atoms with E-state index in [2.05, 4.69) is 15.3 Å². The third kappa shape index (κ3) is 2.00. The van der Waals surface area contributed by atoms with E-state index < -0.39 is 5.95 Å². The number of halogens is 1. The van der Waals surface area contributed by atoms with Crippen LogP contribution in [-0.4, -0.2) is 9.97 Å². The zero-order chi connectivity index (χ0) is 12.4. The Morgan fingerprint density at radius 2 is 1.83 bits per heavy atom. The number of nitrogens with one attached hydrogen (secondary N) is 1. The van der Waals surface area contributed by atoms with Crippen molar-refractivity contribution in [1.29, 1.82) is 0 Å². The highest BCUT2D eigenvalue weighted by atomic mass is 19.1. The normalized spacial score (nSPS) is 10.5. The number of fused-ring (bicyclic) bond motifs is 1. The molecule has 0 fully saturated rings. The van der Waals surface area contributed by atoms with Crippen LogP contribution in [0.5, 0.6) is 0 Å². The molecule has 0 aliphatic carbocycles. The largest absolute Gasteiger partial charge is 0.340 e. The molecule has 3 aromatic rings. The Balaban J connectivity index is 2.05. The number of benzene rings is 1. The Labute approximate surface area is 103 Å². The van der Waals surface area contributed by atoms with Gasteiger partial charge in [-0.25, -0.2) is 4.98 Å². The molecule has 88 valence electrons. The molecule has 4 heteroatoms. The summed E-state index contributed by atoms with van der Waals surface area (Å²) < 4.78 is 13.0. The van der Waals surface area contributed by atoms with Crippen LogP contribution in [0.1, 0.15) is 0 Å². The van der Waals surface area contributed by atoms with Crippen molar-refractivity contribution in [1.82, 2.24) is 9.97 Å². The van der Waals surface area contributed by atoms with Crippen molar-refractivity contribution in [3.8, 4) is 0 Å². The molecule has 0 saturated heterocycles.